The second-order valence-electron chi connectivity index (χ2n) is 6.13. The zero-order valence-corrected chi connectivity index (χ0v) is 16.4. The zero-order valence-electron chi connectivity index (χ0n) is 13.4. The van der Waals surface area contributed by atoms with Crippen molar-refractivity contribution in [2.24, 2.45) is 0 Å². The third kappa shape index (κ3) is 4.53. The van der Waals surface area contributed by atoms with Crippen LogP contribution in [0.4, 0.5) is 5.82 Å². The van der Waals surface area contributed by atoms with Gasteiger partial charge in [0.25, 0.3) is 0 Å². The number of hydrogen-bond acceptors (Lipinski definition) is 3. The van der Waals surface area contributed by atoms with E-state index < -0.39 is 0 Å². The normalized spacial score (nSPS) is 15.8. The molecule has 0 unspecified atom stereocenters. The summed E-state index contributed by atoms with van der Waals surface area (Å²) in [5.41, 5.74) is 1.35. The molecule has 0 bridgehead atoms. The quantitative estimate of drug-likeness (QED) is 0.669. The maximum atomic E-state index is 6.03. The van der Waals surface area contributed by atoms with Gasteiger partial charge in [0.1, 0.15) is 5.15 Å². The molecule has 4 nitrogen and oxygen atoms in total. The van der Waals surface area contributed by atoms with Crippen LogP contribution in [0.2, 0.25) is 15.3 Å². The van der Waals surface area contributed by atoms with Gasteiger partial charge in [-0.15, -0.1) is 0 Å². The summed E-state index contributed by atoms with van der Waals surface area (Å²) in [5.74, 6) is 0.385. The Balaban J connectivity index is 1.67. The minimum absolute atomic E-state index is 0.0613. The third-order valence-corrected chi connectivity index (χ3v) is 5.48. The maximum absolute atomic E-state index is 6.03. The number of rotatable bonds is 4. The number of nitrogens with zero attached hydrogens (tertiary/aromatic N) is 2. The monoisotopic (exact) mass is 414 g/mol. The Morgan fingerprint density at radius 3 is 2.44 bits per heavy atom. The highest BCUT2D eigenvalue weighted by Gasteiger charge is 2.35. The SMILES string of the molecule is S=C(NCC1(c2ccc(Cl)cc2)CCCC1)Nc1ncc(Cl)nc1Cl. The van der Waals surface area contributed by atoms with Crippen molar-refractivity contribution in [3.8, 4) is 0 Å². The molecule has 0 amide bonds. The summed E-state index contributed by atoms with van der Waals surface area (Å²) in [5, 5.41) is 7.90. The first-order valence-corrected chi connectivity index (χ1v) is 9.52. The molecule has 1 saturated carbocycles. The first-order valence-electron chi connectivity index (χ1n) is 7.97. The largest absolute Gasteiger partial charge is 0.362 e. The first kappa shape index (κ1) is 18.6. The Kier molecular flexibility index (Phi) is 6.00. The molecule has 0 spiro atoms. The number of aromatic nitrogens is 2. The molecule has 8 heteroatoms. The van der Waals surface area contributed by atoms with E-state index in [1.165, 1.54) is 24.6 Å². The summed E-state index contributed by atoms with van der Waals surface area (Å²) in [6.45, 7) is 0.735. The van der Waals surface area contributed by atoms with E-state index in [4.69, 9.17) is 47.0 Å². The van der Waals surface area contributed by atoms with Crippen LogP contribution >= 0.6 is 47.0 Å². The lowest BCUT2D eigenvalue weighted by atomic mass is 9.79. The Morgan fingerprint density at radius 2 is 1.80 bits per heavy atom. The van der Waals surface area contributed by atoms with E-state index in [2.05, 4.69) is 32.7 Å². The first-order chi connectivity index (χ1) is 12.0. The van der Waals surface area contributed by atoms with E-state index in [0.717, 1.165) is 24.4 Å². The van der Waals surface area contributed by atoms with Gasteiger partial charge in [-0.25, -0.2) is 9.97 Å². The van der Waals surface area contributed by atoms with Crippen molar-refractivity contribution in [1.82, 2.24) is 15.3 Å². The van der Waals surface area contributed by atoms with Crippen molar-refractivity contribution in [2.75, 3.05) is 11.9 Å². The minimum atomic E-state index is 0.0613. The molecule has 132 valence electrons. The van der Waals surface area contributed by atoms with Crippen LogP contribution < -0.4 is 10.6 Å². The summed E-state index contributed by atoms with van der Waals surface area (Å²) < 4.78 is 0. The van der Waals surface area contributed by atoms with E-state index in [0.29, 0.717) is 10.9 Å². The van der Waals surface area contributed by atoms with E-state index in [-0.39, 0.29) is 15.7 Å². The van der Waals surface area contributed by atoms with Gasteiger partial charge in [-0.2, -0.15) is 0 Å². The number of halogens is 3. The molecule has 0 aliphatic heterocycles. The van der Waals surface area contributed by atoms with Gasteiger partial charge in [0.2, 0.25) is 0 Å². The molecule has 2 aromatic rings. The molecule has 0 atom stereocenters. The lowest BCUT2D eigenvalue weighted by Crippen LogP contribution is -2.40. The highest BCUT2D eigenvalue weighted by atomic mass is 35.5. The van der Waals surface area contributed by atoms with Crippen molar-refractivity contribution in [1.29, 1.82) is 0 Å². The van der Waals surface area contributed by atoms with E-state index in [1.54, 1.807) is 0 Å². The van der Waals surface area contributed by atoms with E-state index in [9.17, 15) is 0 Å². The zero-order chi connectivity index (χ0) is 17.9. The molecule has 0 radical (unpaired) electrons. The molecule has 1 aromatic heterocycles. The predicted octanol–water partition coefficient (Wildman–Crippen LogP) is 5.24. The van der Waals surface area contributed by atoms with Crippen molar-refractivity contribution >= 4 is 58.0 Å². The van der Waals surface area contributed by atoms with Gasteiger partial charge in [0, 0.05) is 17.0 Å². The van der Waals surface area contributed by atoms with Crippen molar-refractivity contribution in [3.63, 3.8) is 0 Å². The molecule has 1 fully saturated rings. The van der Waals surface area contributed by atoms with Gasteiger partial charge >= 0.3 is 0 Å². The second-order valence-corrected chi connectivity index (χ2v) is 7.72. The lowest BCUT2D eigenvalue weighted by molar-refractivity contribution is 0.435. The average molecular weight is 416 g/mol. The topological polar surface area (TPSA) is 49.8 Å². The number of thiocarbonyl (C=S) groups is 1. The Labute approximate surface area is 167 Å². The third-order valence-electron chi connectivity index (χ3n) is 4.54. The van der Waals surface area contributed by atoms with Gasteiger partial charge in [-0.3, -0.25) is 0 Å². The van der Waals surface area contributed by atoms with Crippen LogP contribution in [0.1, 0.15) is 31.2 Å². The van der Waals surface area contributed by atoms with Gasteiger partial charge in [-0.05, 0) is 42.8 Å². The fourth-order valence-corrected chi connectivity index (χ4v) is 3.91. The van der Waals surface area contributed by atoms with Crippen LogP contribution in [0.15, 0.2) is 30.5 Å². The van der Waals surface area contributed by atoms with Gasteiger partial charge in [0.15, 0.2) is 16.1 Å². The summed E-state index contributed by atoms with van der Waals surface area (Å²) in [6, 6.07) is 8.09. The number of nitrogens with one attached hydrogen (secondary N) is 2. The van der Waals surface area contributed by atoms with E-state index >= 15 is 0 Å². The average Bonchev–Trinajstić information content (AvgIpc) is 3.06. The molecule has 3 rings (SSSR count). The maximum Gasteiger partial charge on any atom is 0.173 e. The van der Waals surface area contributed by atoms with Crippen LogP contribution in [-0.4, -0.2) is 21.6 Å². The molecule has 2 N–H and O–H groups in total. The highest BCUT2D eigenvalue weighted by Crippen LogP contribution is 2.41. The molecule has 1 heterocycles. The predicted molar refractivity (Wildman–Crippen MR) is 108 cm³/mol. The van der Waals surface area contributed by atoms with Crippen LogP contribution in [0.25, 0.3) is 0 Å². The second kappa shape index (κ2) is 8.04. The van der Waals surface area contributed by atoms with Crippen molar-refractivity contribution in [3.05, 3.63) is 51.4 Å². The van der Waals surface area contributed by atoms with Gasteiger partial charge in [-0.1, -0.05) is 59.8 Å². The molecule has 1 aliphatic rings. The summed E-state index contributed by atoms with van der Waals surface area (Å²) >= 11 is 23.2. The smallest absolute Gasteiger partial charge is 0.173 e. The molecular weight excluding hydrogens is 399 g/mol. The summed E-state index contributed by atoms with van der Waals surface area (Å²) in [7, 11) is 0. The molecular formula is C17H17Cl3N4S. The van der Waals surface area contributed by atoms with E-state index in [1.807, 2.05) is 12.1 Å². The minimum Gasteiger partial charge on any atom is -0.362 e. The number of hydrogen-bond donors (Lipinski definition) is 2. The van der Waals surface area contributed by atoms with Crippen molar-refractivity contribution in [2.45, 2.75) is 31.1 Å². The number of benzene rings is 1. The fraction of sp³-hybridized carbons (Fsp3) is 0.353. The molecule has 1 aliphatic carbocycles. The molecule has 1 aromatic carbocycles. The van der Waals surface area contributed by atoms with Crippen molar-refractivity contribution < 1.29 is 0 Å². The lowest BCUT2D eigenvalue weighted by Gasteiger charge is -2.30. The van der Waals surface area contributed by atoms with Crippen LogP contribution in [0, 0.1) is 0 Å². The van der Waals surface area contributed by atoms with Crippen LogP contribution in [0.3, 0.4) is 0 Å². The number of anilines is 1. The Hall–Kier alpha value is -1.14. The Bertz CT molecular complexity index is 761. The molecule has 25 heavy (non-hydrogen) atoms. The Morgan fingerprint density at radius 1 is 1.12 bits per heavy atom. The van der Waals surface area contributed by atoms with Gasteiger partial charge in [0.05, 0.1) is 6.20 Å². The molecule has 0 saturated heterocycles. The fourth-order valence-electron chi connectivity index (χ4n) is 3.25. The van der Waals surface area contributed by atoms with Crippen LogP contribution in [0.5, 0.6) is 0 Å². The summed E-state index contributed by atoms with van der Waals surface area (Å²) in [4.78, 5) is 8.04. The summed E-state index contributed by atoms with van der Waals surface area (Å²) in [6.07, 6.45) is 6.07. The standard InChI is InChI=1S/C17H17Cl3N4S/c18-12-5-3-11(4-6-12)17(7-1-2-8-17)10-22-16(25)24-15-14(20)23-13(19)9-21-15/h3-6,9H,1-2,7-8,10H2,(H2,21,22,24,25). The highest BCUT2D eigenvalue weighted by molar-refractivity contribution is 7.80. The van der Waals surface area contributed by atoms with Gasteiger partial charge < -0.3 is 10.6 Å². The van der Waals surface area contributed by atoms with Crippen LogP contribution in [-0.2, 0) is 5.41 Å².